The van der Waals surface area contributed by atoms with E-state index in [1.807, 2.05) is 4.90 Å². The average Bonchev–Trinajstić information content (AvgIpc) is 3.28. The van der Waals surface area contributed by atoms with Gasteiger partial charge in [-0.25, -0.2) is 0 Å². The summed E-state index contributed by atoms with van der Waals surface area (Å²) in [5, 5.41) is 1.18. The van der Waals surface area contributed by atoms with Crippen LogP contribution in [0.2, 0.25) is 0 Å². The lowest BCUT2D eigenvalue weighted by atomic mass is 10.2. The largest absolute Gasteiger partial charge is 0.383 e. The van der Waals surface area contributed by atoms with Crippen molar-refractivity contribution in [2.75, 3.05) is 20.3 Å². The molecular formula is C20H25N3O2. The molecule has 1 aliphatic heterocycles. The van der Waals surface area contributed by atoms with E-state index in [4.69, 9.17) is 4.74 Å². The van der Waals surface area contributed by atoms with Gasteiger partial charge in [-0.3, -0.25) is 4.79 Å². The predicted octanol–water partition coefficient (Wildman–Crippen LogP) is 3.40. The fourth-order valence-electron chi connectivity index (χ4n) is 4.14. The molecule has 1 atom stereocenters. The predicted molar refractivity (Wildman–Crippen MR) is 100 cm³/mol. The van der Waals surface area contributed by atoms with Crippen molar-refractivity contribution < 1.29 is 9.53 Å². The summed E-state index contributed by atoms with van der Waals surface area (Å²) in [6.45, 7) is 4.26. The highest BCUT2D eigenvalue weighted by atomic mass is 16.5. The van der Waals surface area contributed by atoms with Crippen molar-refractivity contribution in [3.63, 3.8) is 0 Å². The molecule has 1 fully saturated rings. The third-order valence-electron chi connectivity index (χ3n) is 5.51. The Balaban J connectivity index is 1.91. The second-order valence-electron chi connectivity index (χ2n) is 6.97. The fourth-order valence-corrected chi connectivity index (χ4v) is 4.14. The van der Waals surface area contributed by atoms with Crippen LogP contribution in [0.3, 0.4) is 0 Å². The van der Waals surface area contributed by atoms with Crippen LogP contribution in [-0.2, 0) is 18.3 Å². The molecule has 0 bridgehead atoms. The van der Waals surface area contributed by atoms with Crippen LogP contribution >= 0.6 is 0 Å². The summed E-state index contributed by atoms with van der Waals surface area (Å²) >= 11 is 0. The van der Waals surface area contributed by atoms with Gasteiger partial charge >= 0.3 is 0 Å². The average molecular weight is 339 g/mol. The summed E-state index contributed by atoms with van der Waals surface area (Å²) in [4.78, 5) is 15.2. The number of methoxy groups -OCH3 is 1. The van der Waals surface area contributed by atoms with Crippen LogP contribution in [0.25, 0.3) is 21.9 Å². The van der Waals surface area contributed by atoms with E-state index in [2.05, 4.69) is 53.4 Å². The van der Waals surface area contributed by atoms with Crippen LogP contribution in [0.5, 0.6) is 0 Å². The Morgan fingerprint density at radius 3 is 2.80 bits per heavy atom. The molecule has 0 saturated carbocycles. The van der Waals surface area contributed by atoms with Crippen LogP contribution in [-0.4, -0.2) is 46.2 Å². The quantitative estimate of drug-likeness (QED) is 0.731. The number of aryl methyl sites for hydroxylation is 1. The number of amides is 1. The Hall–Kier alpha value is -2.27. The molecule has 0 radical (unpaired) electrons. The van der Waals surface area contributed by atoms with E-state index >= 15 is 0 Å². The van der Waals surface area contributed by atoms with Crippen molar-refractivity contribution in [1.82, 2.24) is 14.0 Å². The number of carbonyl (C=O) groups is 1. The summed E-state index contributed by atoms with van der Waals surface area (Å²) < 4.78 is 9.64. The Morgan fingerprint density at radius 1 is 1.28 bits per heavy atom. The maximum absolute atomic E-state index is 13.2. The first-order valence-electron chi connectivity index (χ1n) is 9.00. The van der Waals surface area contributed by atoms with Crippen LogP contribution in [0.1, 0.15) is 30.3 Å². The Bertz CT molecular complexity index is 937. The van der Waals surface area contributed by atoms with Crippen molar-refractivity contribution in [3.8, 4) is 0 Å². The molecule has 3 aromatic rings. The highest BCUT2D eigenvalue weighted by Crippen LogP contribution is 2.32. The number of ether oxygens (including phenoxy) is 1. The van der Waals surface area contributed by atoms with E-state index in [0.717, 1.165) is 36.1 Å². The zero-order valence-electron chi connectivity index (χ0n) is 15.2. The molecule has 5 nitrogen and oxygen atoms in total. The number of para-hydroxylation sites is 1. The summed E-state index contributed by atoms with van der Waals surface area (Å²) in [5.74, 6) is 0.140. The molecule has 1 aliphatic rings. The number of aromatic nitrogens is 2. The van der Waals surface area contributed by atoms with E-state index in [9.17, 15) is 4.79 Å². The number of likely N-dealkylation sites (tertiary alicyclic amines) is 1. The molecule has 0 spiro atoms. The number of hydrogen-bond donors (Lipinski definition) is 0. The van der Waals surface area contributed by atoms with E-state index in [-0.39, 0.29) is 5.91 Å². The number of carbonyl (C=O) groups excluding carboxylic acids is 1. The summed E-state index contributed by atoms with van der Waals surface area (Å²) in [6.07, 6.45) is 2.18. The third-order valence-corrected chi connectivity index (χ3v) is 5.51. The highest BCUT2D eigenvalue weighted by molar-refractivity contribution is 6.10. The molecular weight excluding hydrogens is 314 g/mol. The van der Waals surface area contributed by atoms with Crippen LogP contribution < -0.4 is 0 Å². The molecule has 5 heteroatoms. The zero-order valence-corrected chi connectivity index (χ0v) is 15.2. The van der Waals surface area contributed by atoms with Crippen molar-refractivity contribution >= 4 is 27.8 Å². The lowest BCUT2D eigenvalue weighted by Crippen LogP contribution is -2.35. The van der Waals surface area contributed by atoms with Gasteiger partial charge in [-0.05, 0) is 31.9 Å². The van der Waals surface area contributed by atoms with E-state index < -0.39 is 0 Å². The molecule has 1 unspecified atom stereocenters. The van der Waals surface area contributed by atoms with E-state index in [1.165, 1.54) is 10.9 Å². The van der Waals surface area contributed by atoms with Gasteiger partial charge in [-0.2, -0.15) is 0 Å². The van der Waals surface area contributed by atoms with Crippen LogP contribution in [0, 0.1) is 0 Å². The first kappa shape index (κ1) is 16.2. The highest BCUT2D eigenvalue weighted by Gasteiger charge is 2.29. The van der Waals surface area contributed by atoms with Gasteiger partial charge in [-0.15, -0.1) is 0 Å². The minimum absolute atomic E-state index is 0.140. The van der Waals surface area contributed by atoms with Gasteiger partial charge in [0.2, 0.25) is 0 Å². The van der Waals surface area contributed by atoms with Crippen molar-refractivity contribution in [1.29, 1.82) is 0 Å². The van der Waals surface area contributed by atoms with Gasteiger partial charge in [0, 0.05) is 38.7 Å². The number of nitrogens with zero attached hydrogens (tertiary/aromatic N) is 3. The van der Waals surface area contributed by atoms with Crippen molar-refractivity contribution in [2.45, 2.75) is 32.4 Å². The van der Waals surface area contributed by atoms with E-state index in [0.29, 0.717) is 19.2 Å². The van der Waals surface area contributed by atoms with Crippen LogP contribution in [0.15, 0.2) is 30.3 Å². The molecule has 0 N–H and O–H groups in total. The molecule has 1 amide bonds. The minimum atomic E-state index is 0.140. The monoisotopic (exact) mass is 339 g/mol. The van der Waals surface area contributed by atoms with Crippen LogP contribution in [0.4, 0.5) is 0 Å². The lowest BCUT2D eigenvalue weighted by molar-refractivity contribution is 0.0734. The maximum atomic E-state index is 13.2. The molecule has 2 aromatic heterocycles. The molecule has 25 heavy (non-hydrogen) atoms. The number of fused-ring (bicyclic) bond motifs is 3. The second-order valence-corrected chi connectivity index (χ2v) is 6.97. The number of benzene rings is 1. The SMILES string of the molecule is COCCn1c(C(=O)N2CCCC2C)cc2c1c1ccccc1n2C. The fraction of sp³-hybridized carbons (Fsp3) is 0.450. The first-order valence-corrected chi connectivity index (χ1v) is 9.00. The molecule has 1 aromatic carbocycles. The third kappa shape index (κ3) is 2.45. The lowest BCUT2D eigenvalue weighted by Gasteiger charge is -2.22. The van der Waals surface area contributed by atoms with Gasteiger partial charge in [0.25, 0.3) is 5.91 Å². The Kier molecular flexibility index (Phi) is 4.04. The molecule has 132 valence electrons. The minimum Gasteiger partial charge on any atom is -0.383 e. The zero-order chi connectivity index (χ0) is 17.6. The van der Waals surface area contributed by atoms with Crippen molar-refractivity contribution in [2.24, 2.45) is 7.05 Å². The second kappa shape index (κ2) is 6.23. The number of rotatable bonds is 4. The molecule has 0 aliphatic carbocycles. The van der Waals surface area contributed by atoms with Gasteiger partial charge in [0.1, 0.15) is 5.69 Å². The topological polar surface area (TPSA) is 39.4 Å². The number of hydrogen-bond acceptors (Lipinski definition) is 2. The molecule has 1 saturated heterocycles. The smallest absolute Gasteiger partial charge is 0.270 e. The standard InChI is InChI=1S/C20H25N3O2/c1-14-7-6-10-22(14)20(24)18-13-17-19(23(18)11-12-25-3)15-8-4-5-9-16(15)21(17)2/h4-5,8-9,13-14H,6-7,10-12H2,1-3H3. The normalized spacial score (nSPS) is 17.9. The first-order chi connectivity index (χ1) is 12.1. The van der Waals surface area contributed by atoms with Gasteiger partial charge in [0.05, 0.1) is 23.2 Å². The van der Waals surface area contributed by atoms with E-state index in [1.54, 1.807) is 7.11 Å². The maximum Gasteiger partial charge on any atom is 0.270 e. The summed E-state index contributed by atoms with van der Waals surface area (Å²) in [7, 11) is 3.77. The summed E-state index contributed by atoms with van der Waals surface area (Å²) in [6, 6.07) is 10.7. The molecule has 3 heterocycles. The van der Waals surface area contributed by atoms with Gasteiger partial charge in [-0.1, -0.05) is 18.2 Å². The Morgan fingerprint density at radius 2 is 2.08 bits per heavy atom. The summed E-state index contributed by atoms with van der Waals surface area (Å²) in [5.41, 5.74) is 4.20. The van der Waals surface area contributed by atoms with Gasteiger partial charge < -0.3 is 18.8 Å². The van der Waals surface area contributed by atoms with Crippen molar-refractivity contribution in [3.05, 3.63) is 36.0 Å². The Labute approximate surface area is 147 Å². The van der Waals surface area contributed by atoms with Gasteiger partial charge in [0.15, 0.2) is 0 Å². The molecule has 4 rings (SSSR count).